The van der Waals surface area contributed by atoms with Gasteiger partial charge in [-0.05, 0) is 62.1 Å². The van der Waals surface area contributed by atoms with E-state index in [4.69, 9.17) is 16.3 Å². The number of aromatic nitrogens is 2. The first-order valence-corrected chi connectivity index (χ1v) is 18.2. The van der Waals surface area contributed by atoms with Crippen molar-refractivity contribution in [3.63, 3.8) is 0 Å². The summed E-state index contributed by atoms with van der Waals surface area (Å²) in [5.41, 5.74) is 4.99. The molecule has 1 aliphatic heterocycles. The summed E-state index contributed by atoms with van der Waals surface area (Å²) in [5, 5.41) is 17.6. The number of rotatable bonds is 15. The van der Waals surface area contributed by atoms with Crippen LogP contribution in [0, 0.1) is 6.92 Å². The maximum atomic E-state index is 13.4. The van der Waals surface area contributed by atoms with Gasteiger partial charge in [0.15, 0.2) is 0 Å². The summed E-state index contributed by atoms with van der Waals surface area (Å²) < 4.78 is 8.44. The predicted octanol–water partition coefficient (Wildman–Crippen LogP) is 6.53. The minimum atomic E-state index is -1.04. The monoisotopic (exact) mass is 718 g/mol. The van der Waals surface area contributed by atoms with Gasteiger partial charge in [-0.2, -0.15) is 5.10 Å². The molecule has 0 aliphatic carbocycles. The number of carboxylic acid groups (broad SMARTS) is 1. The smallest absolute Gasteiger partial charge is 0.326 e. The number of thioether (sulfide) groups is 1. The van der Waals surface area contributed by atoms with Crippen molar-refractivity contribution in [2.75, 3.05) is 51.5 Å². The Bertz CT molecular complexity index is 1840. The summed E-state index contributed by atoms with van der Waals surface area (Å²) in [4.78, 5) is 41.2. The van der Waals surface area contributed by atoms with Crippen molar-refractivity contribution in [2.24, 2.45) is 0 Å². The van der Waals surface area contributed by atoms with E-state index in [0.717, 1.165) is 55.4 Å². The summed E-state index contributed by atoms with van der Waals surface area (Å²) in [5.74, 6) is 0.132. The molecule has 12 heteroatoms. The summed E-state index contributed by atoms with van der Waals surface area (Å²) in [6.07, 6.45) is 5.79. The molecule has 5 rings (SSSR count). The van der Waals surface area contributed by atoms with Gasteiger partial charge in [0.05, 0.1) is 52.7 Å². The zero-order valence-corrected chi connectivity index (χ0v) is 30.6. The minimum absolute atomic E-state index is 0.0635. The summed E-state index contributed by atoms with van der Waals surface area (Å²) in [6, 6.07) is 17.8. The van der Waals surface area contributed by atoms with Crippen LogP contribution in [-0.2, 0) is 16.1 Å². The minimum Gasteiger partial charge on any atom is -0.493 e. The van der Waals surface area contributed by atoms with Crippen LogP contribution in [0.25, 0.3) is 11.1 Å². The van der Waals surface area contributed by atoms with E-state index in [2.05, 4.69) is 31.6 Å². The maximum absolute atomic E-state index is 13.4. The van der Waals surface area contributed by atoms with E-state index in [0.29, 0.717) is 56.0 Å². The third-order valence-corrected chi connectivity index (χ3v) is 10.1. The lowest BCUT2D eigenvalue weighted by molar-refractivity contribution is -0.870. The third-order valence-electron chi connectivity index (χ3n) is 8.56. The van der Waals surface area contributed by atoms with E-state index in [1.54, 1.807) is 30.0 Å². The average Bonchev–Trinajstić information content (AvgIpc) is 3.54. The van der Waals surface area contributed by atoms with Crippen molar-refractivity contribution in [3.8, 4) is 16.9 Å². The topological polar surface area (TPSA) is 114 Å². The Morgan fingerprint density at radius 2 is 1.86 bits per heavy atom. The van der Waals surface area contributed by atoms with Gasteiger partial charge in [-0.3, -0.25) is 14.3 Å². The van der Waals surface area contributed by atoms with Crippen molar-refractivity contribution in [1.29, 1.82) is 0 Å². The number of carbonyl (C=O) groups is 3. The molecular formula is C38H45ClN5O5S+. The van der Waals surface area contributed by atoms with Crippen molar-refractivity contribution in [2.45, 2.75) is 50.1 Å². The summed E-state index contributed by atoms with van der Waals surface area (Å²) >= 11 is 7.94. The van der Waals surface area contributed by atoms with Crippen LogP contribution in [0.1, 0.15) is 47.2 Å². The zero-order valence-electron chi connectivity index (χ0n) is 29.0. The first-order chi connectivity index (χ1) is 23.9. The Morgan fingerprint density at radius 3 is 2.64 bits per heavy atom. The number of amides is 2. The Morgan fingerprint density at radius 1 is 1.08 bits per heavy atom. The van der Waals surface area contributed by atoms with Crippen molar-refractivity contribution in [1.82, 2.24) is 15.1 Å². The van der Waals surface area contributed by atoms with Gasteiger partial charge in [0.2, 0.25) is 5.91 Å². The molecular weight excluding hydrogens is 674 g/mol. The molecule has 1 atom stereocenters. The number of ether oxygens (including phenoxy) is 1. The molecule has 3 aromatic carbocycles. The highest BCUT2D eigenvalue weighted by Gasteiger charge is 2.26. The number of halogens is 1. The van der Waals surface area contributed by atoms with Crippen LogP contribution in [-0.4, -0.2) is 89.8 Å². The van der Waals surface area contributed by atoms with E-state index < -0.39 is 17.9 Å². The Balaban J connectivity index is 1.21. The van der Waals surface area contributed by atoms with Gasteiger partial charge in [-0.1, -0.05) is 41.9 Å². The zero-order chi connectivity index (χ0) is 35.8. The number of anilines is 1. The second-order valence-corrected chi connectivity index (χ2v) is 15.0. The molecule has 0 unspecified atom stereocenters. The average molecular weight is 719 g/mol. The molecule has 0 saturated carbocycles. The number of quaternary nitrogens is 1. The fourth-order valence-corrected chi connectivity index (χ4v) is 7.19. The van der Waals surface area contributed by atoms with Gasteiger partial charge in [0.1, 0.15) is 11.8 Å². The van der Waals surface area contributed by atoms with Crippen molar-refractivity contribution < 1.29 is 28.7 Å². The molecule has 1 aliphatic rings. The van der Waals surface area contributed by atoms with E-state index in [1.165, 1.54) is 0 Å². The third kappa shape index (κ3) is 9.68. The Labute approximate surface area is 303 Å². The molecule has 0 fully saturated rings. The molecule has 2 N–H and O–H groups in total. The molecule has 0 spiro atoms. The molecule has 264 valence electrons. The van der Waals surface area contributed by atoms with E-state index >= 15 is 0 Å². The summed E-state index contributed by atoms with van der Waals surface area (Å²) in [6.45, 7) is 4.22. The SMILES string of the molecule is Cc1c(Cl)cccc1OCCCC(=O)N1CCSc2c(-c3cnn(Cc4cccc(C(=O)N[C@@H](CCC[N+](C)(C)C)C(=O)O)c4)c3)cccc21. The second-order valence-electron chi connectivity index (χ2n) is 13.5. The fourth-order valence-electron chi connectivity index (χ4n) is 5.88. The van der Waals surface area contributed by atoms with E-state index in [1.807, 2.05) is 71.4 Å². The molecule has 4 aromatic rings. The lowest BCUT2D eigenvalue weighted by Crippen LogP contribution is -2.42. The number of carboxylic acids is 1. The largest absolute Gasteiger partial charge is 0.493 e. The summed E-state index contributed by atoms with van der Waals surface area (Å²) in [7, 11) is 6.16. The van der Waals surface area contributed by atoms with Crippen LogP contribution < -0.4 is 15.0 Å². The van der Waals surface area contributed by atoms with Gasteiger partial charge in [-0.15, -0.1) is 11.8 Å². The molecule has 10 nitrogen and oxygen atoms in total. The molecule has 0 radical (unpaired) electrons. The predicted molar refractivity (Wildman–Crippen MR) is 198 cm³/mol. The highest BCUT2D eigenvalue weighted by Crippen LogP contribution is 2.42. The van der Waals surface area contributed by atoms with Gasteiger partial charge in [0.25, 0.3) is 5.91 Å². The standard InChI is InChI=1S/C38H44ClN5O5S/c1-26-31(39)13-7-16-34(26)49-20-9-17-35(45)43-18-21-50-36-30(12-6-15-33(36)43)29-23-40-42(25-29)24-27-10-5-11-28(22-27)37(46)41-32(38(47)48)14-8-19-44(2,3)4/h5-7,10-13,15-16,22-23,25,32H,8-9,14,17-21,24H2,1-4H3,(H-,41,46,47,48)/p+1/t32-/m0/s1. The van der Waals surface area contributed by atoms with Crippen molar-refractivity contribution in [3.05, 3.63) is 94.8 Å². The number of aliphatic carboxylic acids is 1. The van der Waals surface area contributed by atoms with Crippen LogP contribution in [0.2, 0.25) is 5.02 Å². The molecule has 50 heavy (non-hydrogen) atoms. The van der Waals surface area contributed by atoms with Gasteiger partial charge in [0, 0.05) is 57.1 Å². The fraction of sp³-hybridized carbons (Fsp3) is 0.368. The lowest BCUT2D eigenvalue weighted by atomic mass is 10.1. The number of hydrogen-bond donors (Lipinski definition) is 2. The highest BCUT2D eigenvalue weighted by atomic mass is 35.5. The van der Waals surface area contributed by atoms with E-state index in [-0.39, 0.29) is 5.91 Å². The number of hydrogen-bond acceptors (Lipinski definition) is 6. The van der Waals surface area contributed by atoms with Crippen molar-refractivity contribution >= 4 is 46.8 Å². The van der Waals surface area contributed by atoms with Crippen LogP contribution in [0.3, 0.4) is 0 Å². The van der Waals surface area contributed by atoms with Gasteiger partial charge < -0.3 is 24.5 Å². The number of fused-ring (bicyclic) bond motifs is 1. The lowest BCUT2D eigenvalue weighted by Gasteiger charge is -2.30. The molecule has 0 bridgehead atoms. The van der Waals surface area contributed by atoms with E-state index in [9.17, 15) is 19.5 Å². The first-order valence-electron chi connectivity index (χ1n) is 16.8. The van der Waals surface area contributed by atoms with Gasteiger partial charge in [-0.25, -0.2) is 4.79 Å². The Hall–Kier alpha value is -4.32. The number of nitrogens with zero attached hydrogens (tertiary/aromatic N) is 4. The molecule has 1 aromatic heterocycles. The van der Waals surface area contributed by atoms with Crippen LogP contribution in [0.5, 0.6) is 5.75 Å². The highest BCUT2D eigenvalue weighted by molar-refractivity contribution is 7.99. The van der Waals surface area contributed by atoms with Crippen LogP contribution >= 0.6 is 23.4 Å². The maximum Gasteiger partial charge on any atom is 0.326 e. The second kappa shape index (κ2) is 16.6. The number of benzene rings is 3. The molecule has 0 saturated heterocycles. The molecule has 2 heterocycles. The number of carbonyl (C=O) groups excluding carboxylic acids is 2. The Kier molecular flexibility index (Phi) is 12.3. The normalized spacial score (nSPS) is 13.4. The van der Waals surface area contributed by atoms with Crippen LogP contribution in [0.4, 0.5) is 5.69 Å². The van der Waals surface area contributed by atoms with Crippen LogP contribution in [0.15, 0.2) is 78.0 Å². The van der Waals surface area contributed by atoms with Gasteiger partial charge >= 0.3 is 5.97 Å². The molecule has 2 amide bonds. The quantitative estimate of drug-likeness (QED) is 0.106. The first kappa shape index (κ1) is 36.9. The number of nitrogens with one attached hydrogen (secondary N) is 1.